The van der Waals surface area contributed by atoms with E-state index in [2.05, 4.69) is 5.32 Å². The van der Waals surface area contributed by atoms with Crippen LogP contribution >= 0.6 is 11.6 Å². The van der Waals surface area contributed by atoms with Gasteiger partial charge < -0.3 is 11.1 Å². The maximum atomic E-state index is 12.4. The molecule has 2 aromatic carbocycles. The summed E-state index contributed by atoms with van der Waals surface area (Å²) in [6.07, 6.45) is 0. The van der Waals surface area contributed by atoms with E-state index >= 15 is 0 Å². The lowest BCUT2D eigenvalue weighted by Crippen LogP contribution is -2.27. The van der Waals surface area contributed by atoms with Crippen molar-refractivity contribution in [1.82, 2.24) is 5.32 Å². The topological polar surface area (TPSA) is 55.1 Å². The van der Waals surface area contributed by atoms with Crippen LogP contribution in [0, 0.1) is 13.8 Å². The Hall–Kier alpha value is -2.00. The highest BCUT2D eigenvalue weighted by Gasteiger charge is 2.14. The van der Waals surface area contributed by atoms with Gasteiger partial charge in [-0.2, -0.15) is 0 Å². The van der Waals surface area contributed by atoms with Gasteiger partial charge in [-0.3, -0.25) is 4.79 Å². The van der Waals surface area contributed by atoms with Crippen molar-refractivity contribution < 1.29 is 4.79 Å². The number of nitrogens with one attached hydrogen (secondary N) is 1. The summed E-state index contributed by atoms with van der Waals surface area (Å²) < 4.78 is 0. The number of amides is 1. The van der Waals surface area contributed by atoms with Crippen LogP contribution in [0.5, 0.6) is 0 Å². The summed E-state index contributed by atoms with van der Waals surface area (Å²) >= 11 is 5.87. The van der Waals surface area contributed by atoms with Crippen LogP contribution < -0.4 is 11.1 Å². The highest BCUT2D eigenvalue weighted by Crippen LogP contribution is 2.20. The monoisotopic (exact) mass is 302 g/mol. The minimum Gasteiger partial charge on any atom is -0.398 e. The van der Waals surface area contributed by atoms with E-state index in [0.717, 1.165) is 16.7 Å². The number of hydrogen-bond acceptors (Lipinski definition) is 2. The quantitative estimate of drug-likeness (QED) is 0.841. The molecule has 1 atom stereocenters. The predicted molar refractivity (Wildman–Crippen MR) is 87.7 cm³/mol. The molecule has 1 unspecified atom stereocenters. The zero-order valence-electron chi connectivity index (χ0n) is 12.4. The largest absolute Gasteiger partial charge is 0.398 e. The molecule has 0 saturated carbocycles. The summed E-state index contributed by atoms with van der Waals surface area (Å²) in [6, 6.07) is 11.0. The first-order valence-electron chi connectivity index (χ1n) is 6.81. The Labute approximate surface area is 130 Å². The molecule has 3 N–H and O–H groups in total. The Kier molecular flexibility index (Phi) is 4.53. The van der Waals surface area contributed by atoms with Gasteiger partial charge in [-0.15, -0.1) is 0 Å². The van der Waals surface area contributed by atoms with Crippen molar-refractivity contribution in [1.29, 1.82) is 0 Å². The van der Waals surface area contributed by atoms with Crippen molar-refractivity contribution >= 4 is 23.2 Å². The molecule has 0 heterocycles. The van der Waals surface area contributed by atoms with E-state index in [1.54, 1.807) is 6.07 Å². The Morgan fingerprint density at radius 3 is 2.38 bits per heavy atom. The Morgan fingerprint density at radius 2 is 1.76 bits per heavy atom. The van der Waals surface area contributed by atoms with E-state index in [1.807, 2.05) is 51.1 Å². The molecule has 0 fully saturated rings. The maximum absolute atomic E-state index is 12.4. The zero-order chi connectivity index (χ0) is 15.6. The molecule has 3 nitrogen and oxygen atoms in total. The summed E-state index contributed by atoms with van der Waals surface area (Å²) in [5, 5.41) is 3.66. The summed E-state index contributed by atoms with van der Waals surface area (Å²) in [5.74, 6) is -0.123. The van der Waals surface area contributed by atoms with Gasteiger partial charge in [0.05, 0.1) is 6.04 Å². The minimum absolute atomic E-state index is 0.100. The number of benzene rings is 2. The Morgan fingerprint density at radius 1 is 1.14 bits per heavy atom. The fourth-order valence-electron chi connectivity index (χ4n) is 2.22. The third kappa shape index (κ3) is 3.56. The van der Waals surface area contributed by atoms with Gasteiger partial charge in [0.25, 0.3) is 5.91 Å². The molecule has 110 valence electrons. The molecule has 0 bridgehead atoms. The maximum Gasteiger partial charge on any atom is 0.252 e. The van der Waals surface area contributed by atoms with Crippen molar-refractivity contribution in [2.45, 2.75) is 26.8 Å². The fourth-order valence-corrected chi connectivity index (χ4v) is 2.35. The van der Waals surface area contributed by atoms with Crippen LogP contribution in [0.4, 0.5) is 5.69 Å². The molecular weight excluding hydrogens is 284 g/mol. The smallest absolute Gasteiger partial charge is 0.252 e. The van der Waals surface area contributed by atoms with E-state index in [1.165, 1.54) is 0 Å². The highest BCUT2D eigenvalue weighted by molar-refractivity contribution is 6.30. The third-order valence-electron chi connectivity index (χ3n) is 3.58. The van der Waals surface area contributed by atoms with Gasteiger partial charge in [-0.05, 0) is 55.7 Å². The number of nitrogen functional groups attached to an aromatic ring is 1. The van der Waals surface area contributed by atoms with Crippen LogP contribution in [0.1, 0.15) is 40.0 Å². The van der Waals surface area contributed by atoms with Crippen molar-refractivity contribution in [2.75, 3.05) is 5.73 Å². The molecule has 0 saturated heterocycles. The lowest BCUT2D eigenvalue weighted by Gasteiger charge is -2.16. The van der Waals surface area contributed by atoms with E-state index in [-0.39, 0.29) is 11.9 Å². The van der Waals surface area contributed by atoms with Crippen LogP contribution in [0.25, 0.3) is 0 Å². The van der Waals surface area contributed by atoms with Crippen LogP contribution in [0.15, 0.2) is 36.4 Å². The van der Waals surface area contributed by atoms with Gasteiger partial charge >= 0.3 is 0 Å². The number of hydrogen-bond donors (Lipinski definition) is 2. The van der Waals surface area contributed by atoms with Crippen LogP contribution in [0.2, 0.25) is 5.02 Å². The molecule has 0 aromatic heterocycles. The average Bonchev–Trinajstić information content (AvgIpc) is 2.43. The third-order valence-corrected chi connectivity index (χ3v) is 3.83. The van der Waals surface area contributed by atoms with Crippen LogP contribution in [-0.4, -0.2) is 5.91 Å². The Balaban J connectivity index is 2.18. The zero-order valence-corrected chi connectivity index (χ0v) is 13.2. The second-order valence-electron chi connectivity index (χ2n) is 5.27. The molecule has 2 aromatic rings. The first-order valence-corrected chi connectivity index (χ1v) is 7.19. The Bertz CT molecular complexity index is 665. The van der Waals surface area contributed by atoms with E-state index in [4.69, 9.17) is 17.3 Å². The lowest BCUT2D eigenvalue weighted by atomic mass is 10.0. The second kappa shape index (κ2) is 6.19. The normalized spacial score (nSPS) is 12.0. The summed E-state index contributed by atoms with van der Waals surface area (Å²) in [7, 11) is 0. The van der Waals surface area contributed by atoms with Gasteiger partial charge in [0.15, 0.2) is 0 Å². The number of carbonyl (C=O) groups is 1. The van der Waals surface area contributed by atoms with Crippen molar-refractivity contribution in [3.05, 3.63) is 63.7 Å². The predicted octanol–water partition coefficient (Wildman–Crippen LogP) is 4.03. The fraction of sp³-hybridized carbons (Fsp3) is 0.235. The summed E-state index contributed by atoms with van der Waals surface area (Å²) in [4.78, 5) is 12.4. The molecule has 0 aliphatic rings. The SMILES string of the molecule is Cc1cc(C)c(C(=O)NC(C)c2ccc(Cl)cc2)cc1N. The van der Waals surface area contributed by atoms with Gasteiger partial charge in [0.1, 0.15) is 0 Å². The first-order chi connectivity index (χ1) is 9.88. The number of nitrogens with two attached hydrogens (primary N) is 1. The number of carbonyl (C=O) groups excluding carboxylic acids is 1. The average molecular weight is 303 g/mol. The first kappa shape index (κ1) is 15.4. The molecule has 0 radical (unpaired) electrons. The van der Waals surface area contributed by atoms with Gasteiger partial charge in [-0.1, -0.05) is 29.8 Å². The molecule has 4 heteroatoms. The van der Waals surface area contributed by atoms with E-state index in [9.17, 15) is 4.79 Å². The molecule has 0 spiro atoms. The molecular formula is C17H19ClN2O. The minimum atomic E-state index is -0.123. The molecule has 2 rings (SSSR count). The van der Waals surface area contributed by atoms with Gasteiger partial charge in [0.2, 0.25) is 0 Å². The molecule has 21 heavy (non-hydrogen) atoms. The standard InChI is InChI=1S/C17H19ClN2O/c1-10-8-11(2)16(19)9-15(10)17(21)20-12(3)13-4-6-14(18)7-5-13/h4-9,12H,19H2,1-3H3,(H,20,21). The summed E-state index contributed by atoms with van der Waals surface area (Å²) in [5.41, 5.74) is 10.0. The van der Waals surface area contributed by atoms with Crippen molar-refractivity contribution in [2.24, 2.45) is 0 Å². The lowest BCUT2D eigenvalue weighted by molar-refractivity contribution is 0.0939. The van der Waals surface area contributed by atoms with Crippen molar-refractivity contribution in [3.8, 4) is 0 Å². The molecule has 0 aliphatic heterocycles. The van der Waals surface area contributed by atoms with Crippen molar-refractivity contribution in [3.63, 3.8) is 0 Å². The van der Waals surface area contributed by atoms with E-state index < -0.39 is 0 Å². The molecule has 1 amide bonds. The van der Waals surface area contributed by atoms with Crippen LogP contribution in [-0.2, 0) is 0 Å². The van der Waals surface area contributed by atoms with E-state index in [0.29, 0.717) is 16.3 Å². The number of halogens is 1. The van der Waals surface area contributed by atoms with Gasteiger partial charge in [0, 0.05) is 16.3 Å². The highest BCUT2D eigenvalue weighted by atomic mass is 35.5. The number of anilines is 1. The number of rotatable bonds is 3. The second-order valence-corrected chi connectivity index (χ2v) is 5.71. The molecule has 0 aliphatic carbocycles. The summed E-state index contributed by atoms with van der Waals surface area (Å²) in [6.45, 7) is 5.78. The number of aryl methyl sites for hydroxylation is 2. The van der Waals surface area contributed by atoms with Gasteiger partial charge in [-0.25, -0.2) is 0 Å². The van der Waals surface area contributed by atoms with Crippen LogP contribution in [0.3, 0.4) is 0 Å².